The first-order valence-electron chi connectivity index (χ1n) is 5.65. The summed E-state index contributed by atoms with van der Waals surface area (Å²) in [5.74, 6) is -0.919. The Bertz CT molecular complexity index is 491. The first-order chi connectivity index (χ1) is 8.92. The minimum Gasteiger partial charge on any atom is -0.461 e. The Labute approximate surface area is 110 Å². The molecular weight excluding hydrogens is 250 g/mol. The third-order valence-corrected chi connectivity index (χ3v) is 2.11. The molecule has 0 saturated heterocycles. The molecule has 0 aliphatic carbocycles. The number of dihydropyridines is 1. The van der Waals surface area contributed by atoms with E-state index in [-0.39, 0.29) is 18.1 Å². The van der Waals surface area contributed by atoms with E-state index in [4.69, 9.17) is 0 Å². The third-order valence-electron chi connectivity index (χ3n) is 2.11. The number of amidine groups is 1. The van der Waals surface area contributed by atoms with E-state index in [2.05, 4.69) is 26.9 Å². The molecule has 102 valence electrons. The number of urea groups is 1. The first-order valence-corrected chi connectivity index (χ1v) is 5.65. The predicted molar refractivity (Wildman–Crippen MR) is 68.3 cm³/mol. The maximum Gasteiger partial charge on any atom is 0.354 e. The molecule has 3 amide bonds. The standard InChI is InChI=1S/C12H15N3O4/c1-4-19-11(17)8(3)13-12(18)15-9-5-7(2)6-10(16)14-9/h6H,3-5H2,1-2H3,(H2,13,14,15,16,18). The average Bonchev–Trinajstić information content (AvgIpc) is 2.27. The van der Waals surface area contributed by atoms with Crippen LogP contribution in [0.5, 0.6) is 0 Å². The number of hydrogen-bond acceptors (Lipinski definition) is 4. The quantitative estimate of drug-likeness (QED) is 0.578. The highest BCUT2D eigenvalue weighted by molar-refractivity contribution is 6.09. The summed E-state index contributed by atoms with van der Waals surface area (Å²) in [4.78, 5) is 37.6. The van der Waals surface area contributed by atoms with Crippen LogP contribution in [-0.4, -0.2) is 30.4 Å². The van der Waals surface area contributed by atoms with Crippen molar-refractivity contribution in [1.82, 2.24) is 10.6 Å². The van der Waals surface area contributed by atoms with Gasteiger partial charge in [0.1, 0.15) is 11.5 Å². The molecule has 1 aliphatic rings. The van der Waals surface area contributed by atoms with Gasteiger partial charge in [-0.2, -0.15) is 4.99 Å². The topological polar surface area (TPSA) is 96.9 Å². The van der Waals surface area contributed by atoms with Crippen LogP contribution < -0.4 is 10.6 Å². The summed E-state index contributed by atoms with van der Waals surface area (Å²) in [6, 6.07) is -0.695. The van der Waals surface area contributed by atoms with Gasteiger partial charge in [-0.25, -0.2) is 9.59 Å². The second-order valence-corrected chi connectivity index (χ2v) is 3.84. The van der Waals surface area contributed by atoms with E-state index in [1.54, 1.807) is 13.8 Å². The molecule has 19 heavy (non-hydrogen) atoms. The van der Waals surface area contributed by atoms with E-state index in [1.165, 1.54) is 6.08 Å². The fourth-order valence-corrected chi connectivity index (χ4v) is 1.37. The SMILES string of the molecule is C=C(NC(=O)NC1=NC(=O)C=C(C)C1)C(=O)OCC. The van der Waals surface area contributed by atoms with Gasteiger partial charge in [-0.1, -0.05) is 12.2 Å². The number of carbonyl (C=O) groups excluding carboxylic acids is 3. The van der Waals surface area contributed by atoms with Gasteiger partial charge in [0.15, 0.2) is 0 Å². The summed E-state index contributed by atoms with van der Waals surface area (Å²) >= 11 is 0. The van der Waals surface area contributed by atoms with Crippen LogP contribution in [0.3, 0.4) is 0 Å². The van der Waals surface area contributed by atoms with E-state index >= 15 is 0 Å². The van der Waals surface area contributed by atoms with E-state index < -0.39 is 17.9 Å². The minimum atomic E-state index is -0.713. The molecule has 0 bridgehead atoms. The molecule has 0 radical (unpaired) electrons. The molecule has 0 atom stereocenters. The number of nitrogens with zero attached hydrogens (tertiary/aromatic N) is 1. The van der Waals surface area contributed by atoms with E-state index in [9.17, 15) is 14.4 Å². The van der Waals surface area contributed by atoms with Crippen molar-refractivity contribution in [3.8, 4) is 0 Å². The van der Waals surface area contributed by atoms with Crippen LogP contribution in [0, 0.1) is 0 Å². The zero-order valence-electron chi connectivity index (χ0n) is 10.8. The summed E-state index contributed by atoms with van der Waals surface area (Å²) in [6.45, 7) is 6.95. The number of hydrogen-bond donors (Lipinski definition) is 2. The minimum absolute atomic E-state index is 0.186. The summed E-state index contributed by atoms with van der Waals surface area (Å²) in [6.07, 6.45) is 1.76. The van der Waals surface area contributed by atoms with Crippen LogP contribution in [-0.2, 0) is 14.3 Å². The van der Waals surface area contributed by atoms with Crippen molar-refractivity contribution >= 4 is 23.7 Å². The molecule has 0 saturated carbocycles. The van der Waals surface area contributed by atoms with Crippen molar-refractivity contribution in [2.45, 2.75) is 20.3 Å². The van der Waals surface area contributed by atoms with Crippen molar-refractivity contribution in [3.63, 3.8) is 0 Å². The smallest absolute Gasteiger partial charge is 0.354 e. The average molecular weight is 265 g/mol. The lowest BCUT2D eigenvalue weighted by molar-refractivity contribution is -0.138. The molecule has 2 N–H and O–H groups in total. The van der Waals surface area contributed by atoms with Crippen LogP contribution in [0.15, 0.2) is 28.9 Å². The lowest BCUT2D eigenvalue weighted by Gasteiger charge is -2.13. The van der Waals surface area contributed by atoms with Crippen LogP contribution >= 0.6 is 0 Å². The van der Waals surface area contributed by atoms with Crippen LogP contribution in [0.4, 0.5) is 4.79 Å². The predicted octanol–water partition coefficient (Wildman–Crippen LogP) is 0.637. The molecule has 7 nitrogen and oxygen atoms in total. The monoisotopic (exact) mass is 265 g/mol. The van der Waals surface area contributed by atoms with Gasteiger partial charge in [-0.15, -0.1) is 0 Å². The molecule has 7 heteroatoms. The number of aliphatic imine (C=N–C) groups is 1. The Kier molecular flexibility index (Phi) is 4.99. The largest absolute Gasteiger partial charge is 0.461 e. The molecule has 0 fully saturated rings. The second kappa shape index (κ2) is 6.48. The molecule has 1 heterocycles. The van der Waals surface area contributed by atoms with Crippen LogP contribution in [0.25, 0.3) is 0 Å². The second-order valence-electron chi connectivity index (χ2n) is 3.84. The Morgan fingerprint density at radius 2 is 2.21 bits per heavy atom. The van der Waals surface area contributed by atoms with Gasteiger partial charge in [-0.05, 0) is 13.8 Å². The van der Waals surface area contributed by atoms with Crippen LogP contribution in [0.2, 0.25) is 0 Å². The van der Waals surface area contributed by atoms with Crippen molar-refractivity contribution in [2.24, 2.45) is 4.99 Å². The lowest BCUT2D eigenvalue weighted by Crippen LogP contribution is -2.41. The molecular formula is C12H15N3O4. The van der Waals surface area contributed by atoms with Crippen molar-refractivity contribution in [3.05, 3.63) is 23.9 Å². The van der Waals surface area contributed by atoms with Gasteiger partial charge >= 0.3 is 12.0 Å². The maximum absolute atomic E-state index is 11.5. The van der Waals surface area contributed by atoms with E-state index in [1.807, 2.05) is 0 Å². The number of carbonyl (C=O) groups is 3. The van der Waals surface area contributed by atoms with Crippen molar-refractivity contribution in [1.29, 1.82) is 0 Å². The number of esters is 1. The molecule has 1 aliphatic heterocycles. The molecule has 1 rings (SSSR count). The van der Waals surface area contributed by atoms with E-state index in [0.29, 0.717) is 6.42 Å². The molecule has 0 aromatic carbocycles. The van der Waals surface area contributed by atoms with Gasteiger partial charge < -0.3 is 10.1 Å². The highest BCUT2D eigenvalue weighted by Gasteiger charge is 2.15. The molecule has 0 aromatic rings. The highest BCUT2D eigenvalue weighted by atomic mass is 16.5. The Morgan fingerprint density at radius 1 is 1.53 bits per heavy atom. The number of ether oxygens (including phenoxy) is 1. The number of amides is 3. The zero-order valence-corrected chi connectivity index (χ0v) is 10.8. The fourth-order valence-electron chi connectivity index (χ4n) is 1.37. The molecule has 0 spiro atoms. The van der Waals surface area contributed by atoms with Gasteiger partial charge in [-0.3, -0.25) is 10.1 Å². The van der Waals surface area contributed by atoms with E-state index in [0.717, 1.165) is 5.57 Å². The maximum atomic E-state index is 11.5. The van der Waals surface area contributed by atoms with Crippen LogP contribution in [0.1, 0.15) is 20.3 Å². The summed E-state index contributed by atoms with van der Waals surface area (Å²) < 4.78 is 4.65. The summed E-state index contributed by atoms with van der Waals surface area (Å²) in [7, 11) is 0. The normalized spacial score (nSPS) is 14.1. The first kappa shape index (κ1) is 14.6. The molecule has 0 unspecified atom stereocenters. The van der Waals surface area contributed by atoms with Gasteiger partial charge in [0, 0.05) is 12.5 Å². The third kappa shape index (κ3) is 4.74. The molecule has 0 aromatic heterocycles. The Morgan fingerprint density at radius 3 is 2.79 bits per heavy atom. The summed E-state index contributed by atoms with van der Waals surface area (Å²) in [5, 5.41) is 4.59. The Hall–Kier alpha value is -2.44. The zero-order chi connectivity index (χ0) is 14.4. The highest BCUT2D eigenvalue weighted by Crippen LogP contribution is 2.07. The van der Waals surface area contributed by atoms with Crippen molar-refractivity contribution < 1.29 is 19.1 Å². The van der Waals surface area contributed by atoms with Gasteiger partial charge in [0.2, 0.25) is 0 Å². The summed E-state index contributed by atoms with van der Waals surface area (Å²) in [5.41, 5.74) is 0.605. The Balaban J connectivity index is 2.50. The fraction of sp³-hybridized carbons (Fsp3) is 0.333. The number of nitrogens with one attached hydrogen (secondary N) is 2. The van der Waals surface area contributed by atoms with Crippen molar-refractivity contribution in [2.75, 3.05) is 6.61 Å². The van der Waals surface area contributed by atoms with Gasteiger partial charge in [0.25, 0.3) is 5.91 Å². The lowest BCUT2D eigenvalue weighted by atomic mass is 10.1. The van der Waals surface area contributed by atoms with Gasteiger partial charge in [0.05, 0.1) is 6.61 Å². The number of rotatable bonds is 3.